The molecule has 110 valence electrons. The number of halogens is 1. The van der Waals surface area contributed by atoms with E-state index in [9.17, 15) is 0 Å². The van der Waals surface area contributed by atoms with Gasteiger partial charge in [-0.1, -0.05) is 13.0 Å². The van der Waals surface area contributed by atoms with Gasteiger partial charge in [-0.05, 0) is 58.8 Å². The van der Waals surface area contributed by atoms with Gasteiger partial charge in [0, 0.05) is 17.6 Å². The zero-order valence-electron chi connectivity index (χ0n) is 11.6. The Morgan fingerprint density at radius 1 is 1.38 bits per heavy atom. The van der Waals surface area contributed by atoms with Crippen molar-refractivity contribution in [2.24, 2.45) is 0 Å². The summed E-state index contributed by atoms with van der Waals surface area (Å²) in [7, 11) is 0. The minimum Gasteiger partial charge on any atom is -0.352 e. The van der Waals surface area contributed by atoms with E-state index in [0.717, 1.165) is 27.6 Å². The highest BCUT2D eigenvalue weighted by atomic mass is 79.9. The molecule has 1 saturated heterocycles. The van der Waals surface area contributed by atoms with Crippen LogP contribution < -0.4 is 5.32 Å². The fraction of sp³-hybridized carbons (Fsp3) is 0.333. The van der Waals surface area contributed by atoms with Crippen molar-refractivity contribution in [2.45, 2.75) is 25.4 Å². The highest BCUT2D eigenvalue weighted by Crippen LogP contribution is 2.42. The molecule has 1 aliphatic rings. The SMILES string of the molecule is CCCN1C(=S)N[C@H](c2ccccn2)[C@H]1c1ccc(Br)s1. The molecule has 1 fully saturated rings. The van der Waals surface area contributed by atoms with Gasteiger partial charge in [0.2, 0.25) is 0 Å². The number of hydrogen-bond donors (Lipinski definition) is 1. The van der Waals surface area contributed by atoms with E-state index in [4.69, 9.17) is 12.2 Å². The average molecular weight is 382 g/mol. The van der Waals surface area contributed by atoms with E-state index >= 15 is 0 Å². The van der Waals surface area contributed by atoms with Gasteiger partial charge in [-0.15, -0.1) is 11.3 Å². The van der Waals surface area contributed by atoms with Crippen LogP contribution in [-0.2, 0) is 0 Å². The van der Waals surface area contributed by atoms with Crippen molar-refractivity contribution < 1.29 is 0 Å². The summed E-state index contributed by atoms with van der Waals surface area (Å²) in [5.74, 6) is 0. The number of aromatic nitrogens is 1. The number of rotatable bonds is 4. The maximum Gasteiger partial charge on any atom is 0.170 e. The smallest absolute Gasteiger partial charge is 0.170 e. The largest absolute Gasteiger partial charge is 0.352 e. The Balaban J connectivity index is 2.00. The fourth-order valence-electron chi connectivity index (χ4n) is 2.68. The molecular formula is C15H16BrN3S2. The Hall–Kier alpha value is -0.980. The van der Waals surface area contributed by atoms with Crippen LogP contribution in [0.25, 0.3) is 0 Å². The van der Waals surface area contributed by atoms with Crippen molar-refractivity contribution in [3.8, 4) is 0 Å². The van der Waals surface area contributed by atoms with Gasteiger partial charge in [-0.3, -0.25) is 4.98 Å². The number of thiocarbonyl (C=S) groups is 1. The minimum atomic E-state index is 0.107. The Bertz CT molecular complexity index is 629. The molecule has 6 heteroatoms. The van der Waals surface area contributed by atoms with Crippen molar-refractivity contribution in [1.29, 1.82) is 0 Å². The predicted molar refractivity (Wildman–Crippen MR) is 94.5 cm³/mol. The summed E-state index contributed by atoms with van der Waals surface area (Å²) < 4.78 is 1.14. The topological polar surface area (TPSA) is 28.2 Å². The van der Waals surface area contributed by atoms with Gasteiger partial charge in [-0.2, -0.15) is 0 Å². The van der Waals surface area contributed by atoms with Crippen molar-refractivity contribution >= 4 is 44.6 Å². The van der Waals surface area contributed by atoms with Crippen LogP contribution in [0.15, 0.2) is 40.3 Å². The maximum atomic E-state index is 5.55. The molecule has 1 N–H and O–H groups in total. The normalized spacial score (nSPS) is 21.6. The molecule has 0 radical (unpaired) electrons. The monoisotopic (exact) mass is 381 g/mol. The Morgan fingerprint density at radius 2 is 2.24 bits per heavy atom. The second-order valence-electron chi connectivity index (χ2n) is 4.96. The van der Waals surface area contributed by atoms with E-state index in [1.54, 1.807) is 11.3 Å². The van der Waals surface area contributed by atoms with E-state index in [1.807, 2.05) is 18.3 Å². The lowest BCUT2D eigenvalue weighted by molar-refractivity contribution is 0.322. The summed E-state index contributed by atoms with van der Waals surface area (Å²) >= 11 is 10.9. The Morgan fingerprint density at radius 3 is 2.86 bits per heavy atom. The highest BCUT2D eigenvalue weighted by Gasteiger charge is 2.39. The summed E-state index contributed by atoms with van der Waals surface area (Å²) in [6, 6.07) is 10.6. The van der Waals surface area contributed by atoms with Gasteiger partial charge in [0.05, 0.1) is 21.6 Å². The van der Waals surface area contributed by atoms with Crippen LogP contribution in [0.5, 0.6) is 0 Å². The molecule has 3 nitrogen and oxygen atoms in total. The van der Waals surface area contributed by atoms with Crippen molar-refractivity contribution in [2.75, 3.05) is 6.54 Å². The zero-order valence-corrected chi connectivity index (χ0v) is 14.8. The molecule has 3 heterocycles. The molecule has 2 atom stereocenters. The van der Waals surface area contributed by atoms with Gasteiger partial charge < -0.3 is 10.2 Å². The quantitative estimate of drug-likeness (QED) is 0.799. The summed E-state index contributed by atoms with van der Waals surface area (Å²) in [6.07, 6.45) is 2.91. The molecular weight excluding hydrogens is 366 g/mol. The molecule has 0 spiro atoms. The first kappa shape index (κ1) is 14.9. The van der Waals surface area contributed by atoms with Crippen LogP contribution in [0, 0.1) is 0 Å². The lowest BCUT2D eigenvalue weighted by Gasteiger charge is -2.26. The molecule has 2 aromatic heterocycles. The third-order valence-corrected chi connectivity index (χ3v) is 5.59. The van der Waals surface area contributed by atoms with Crippen molar-refractivity contribution in [1.82, 2.24) is 15.2 Å². The minimum absolute atomic E-state index is 0.107. The number of thiophene rings is 1. The van der Waals surface area contributed by atoms with Crippen LogP contribution in [-0.4, -0.2) is 21.5 Å². The first-order valence-electron chi connectivity index (χ1n) is 6.94. The predicted octanol–water partition coefficient (Wildman–Crippen LogP) is 4.29. The van der Waals surface area contributed by atoms with Gasteiger partial charge in [0.1, 0.15) is 0 Å². The molecule has 0 aromatic carbocycles. The van der Waals surface area contributed by atoms with E-state index in [0.29, 0.717) is 0 Å². The molecule has 21 heavy (non-hydrogen) atoms. The summed E-state index contributed by atoms with van der Waals surface area (Å²) in [5, 5.41) is 4.27. The molecule has 0 amide bonds. The van der Waals surface area contributed by atoms with Crippen LogP contribution in [0.1, 0.15) is 36.0 Å². The van der Waals surface area contributed by atoms with E-state index < -0.39 is 0 Å². The first-order chi connectivity index (χ1) is 10.2. The summed E-state index contributed by atoms with van der Waals surface area (Å²) in [6.45, 7) is 3.13. The molecule has 0 unspecified atom stereocenters. The zero-order chi connectivity index (χ0) is 14.8. The number of pyridine rings is 1. The van der Waals surface area contributed by atoms with Crippen LogP contribution in [0.3, 0.4) is 0 Å². The number of nitrogens with zero attached hydrogens (tertiary/aromatic N) is 2. The molecule has 1 aliphatic heterocycles. The fourth-order valence-corrected chi connectivity index (χ4v) is 4.59. The number of nitrogens with one attached hydrogen (secondary N) is 1. The van der Waals surface area contributed by atoms with Crippen LogP contribution >= 0.6 is 39.5 Å². The lowest BCUT2D eigenvalue weighted by Crippen LogP contribution is -2.29. The van der Waals surface area contributed by atoms with Gasteiger partial charge in [-0.25, -0.2) is 0 Å². The first-order valence-corrected chi connectivity index (χ1v) is 8.95. The average Bonchev–Trinajstić information content (AvgIpc) is 3.05. The van der Waals surface area contributed by atoms with E-state index in [2.05, 4.69) is 56.3 Å². The Kier molecular flexibility index (Phi) is 4.57. The number of hydrogen-bond acceptors (Lipinski definition) is 3. The van der Waals surface area contributed by atoms with Gasteiger partial charge in [0.15, 0.2) is 5.11 Å². The third kappa shape index (κ3) is 2.98. The third-order valence-electron chi connectivity index (χ3n) is 3.55. The molecule has 0 bridgehead atoms. The second kappa shape index (κ2) is 6.42. The summed E-state index contributed by atoms with van der Waals surface area (Å²) in [5.41, 5.74) is 1.04. The van der Waals surface area contributed by atoms with Crippen molar-refractivity contribution in [3.63, 3.8) is 0 Å². The van der Waals surface area contributed by atoms with Crippen LogP contribution in [0.2, 0.25) is 0 Å². The summed E-state index contributed by atoms with van der Waals surface area (Å²) in [4.78, 5) is 8.11. The second-order valence-corrected chi connectivity index (χ2v) is 7.84. The molecule has 0 saturated carbocycles. The van der Waals surface area contributed by atoms with Gasteiger partial charge >= 0.3 is 0 Å². The van der Waals surface area contributed by atoms with Crippen LogP contribution in [0.4, 0.5) is 0 Å². The molecule has 0 aliphatic carbocycles. The highest BCUT2D eigenvalue weighted by molar-refractivity contribution is 9.11. The molecule has 3 rings (SSSR count). The van der Waals surface area contributed by atoms with E-state index in [-0.39, 0.29) is 12.1 Å². The van der Waals surface area contributed by atoms with E-state index in [1.165, 1.54) is 4.88 Å². The van der Waals surface area contributed by atoms with Gasteiger partial charge in [0.25, 0.3) is 0 Å². The lowest BCUT2D eigenvalue weighted by atomic mass is 10.0. The maximum absolute atomic E-state index is 5.55. The standard InChI is InChI=1S/C15H16BrN3S2/c1-2-9-19-14(11-6-7-12(16)21-11)13(18-15(19)20)10-5-3-4-8-17-10/h3-8,13-14H,2,9H2,1H3,(H,18,20)/t13-,14-/m1/s1. The Labute approximate surface area is 142 Å². The van der Waals surface area contributed by atoms with Crippen molar-refractivity contribution in [3.05, 3.63) is 50.9 Å². The molecule has 2 aromatic rings.